The number of rotatable bonds is 7. The van der Waals surface area contributed by atoms with E-state index in [1.807, 2.05) is 0 Å². The number of ether oxygens (including phenoxy) is 1. The maximum Gasteiger partial charge on any atom is 0.0678 e. The van der Waals surface area contributed by atoms with E-state index in [2.05, 4.69) is 72.7 Å². The Bertz CT molecular complexity index is 336. The molecule has 3 atom stereocenters. The van der Waals surface area contributed by atoms with E-state index in [9.17, 15) is 0 Å². The molecule has 0 saturated carbocycles. The van der Waals surface area contributed by atoms with Gasteiger partial charge < -0.3 is 10.1 Å². The Kier molecular flexibility index (Phi) is 5.91. The maximum atomic E-state index is 6.36. The van der Waals surface area contributed by atoms with Crippen molar-refractivity contribution in [2.24, 2.45) is 5.92 Å². The molecule has 3 heteroatoms. The lowest BCUT2D eigenvalue weighted by Gasteiger charge is -2.50. The lowest BCUT2D eigenvalue weighted by atomic mass is 9.72. The molecule has 3 unspecified atom stereocenters. The molecule has 1 rings (SSSR count). The molecule has 126 valence electrons. The van der Waals surface area contributed by atoms with Crippen molar-refractivity contribution >= 4 is 0 Å². The summed E-state index contributed by atoms with van der Waals surface area (Å²) in [5.41, 5.74) is 0.0475. The van der Waals surface area contributed by atoms with E-state index in [0.29, 0.717) is 12.0 Å². The summed E-state index contributed by atoms with van der Waals surface area (Å²) in [6, 6.07) is 0.430. The summed E-state index contributed by atoms with van der Waals surface area (Å²) in [5, 5.41) is 3.66. The topological polar surface area (TPSA) is 24.5 Å². The Hall–Kier alpha value is -0.120. The van der Waals surface area contributed by atoms with Gasteiger partial charge in [-0.25, -0.2) is 0 Å². The van der Waals surface area contributed by atoms with Gasteiger partial charge in [-0.3, -0.25) is 4.90 Å². The number of hydrogen-bond acceptors (Lipinski definition) is 3. The van der Waals surface area contributed by atoms with E-state index in [1.165, 1.54) is 0 Å². The largest absolute Gasteiger partial charge is 0.369 e. The van der Waals surface area contributed by atoms with Gasteiger partial charge in [0.15, 0.2) is 0 Å². The van der Waals surface area contributed by atoms with Gasteiger partial charge >= 0.3 is 0 Å². The molecule has 0 aromatic carbocycles. The average molecular weight is 299 g/mol. The molecule has 21 heavy (non-hydrogen) atoms. The number of hydrogen-bond donors (Lipinski definition) is 1. The maximum absolute atomic E-state index is 6.36. The van der Waals surface area contributed by atoms with E-state index < -0.39 is 0 Å². The second-order valence-corrected chi connectivity index (χ2v) is 7.93. The van der Waals surface area contributed by atoms with Gasteiger partial charge in [0.25, 0.3) is 0 Å². The molecule has 1 N–H and O–H groups in total. The van der Waals surface area contributed by atoms with Crippen LogP contribution in [-0.4, -0.2) is 47.8 Å². The highest BCUT2D eigenvalue weighted by molar-refractivity contribution is 5.07. The van der Waals surface area contributed by atoms with Crippen LogP contribution in [0.15, 0.2) is 0 Å². The van der Waals surface area contributed by atoms with E-state index in [4.69, 9.17) is 4.74 Å². The third-order valence-electron chi connectivity index (χ3n) is 5.73. The Morgan fingerprint density at radius 1 is 1.19 bits per heavy atom. The monoisotopic (exact) mass is 298 g/mol. The van der Waals surface area contributed by atoms with Crippen LogP contribution in [0.25, 0.3) is 0 Å². The quantitative estimate of drug-likeness (QED) is 0.776. The molecule has 0 radical (unpaired) electrons. The molecule has 0 aliphatic carbocycles. The van der Waals surface area contributed by atoms with Gasteiger partial charge in [0.05, 0.1) is 11.2 Å². The first-order chi connectivity index (χ1) is 9.57. The van der Waals surface area contributed by atoms with Crippen LogP contribution in [0.4, 0.5) is 0 Å². The van der Waals surface area contributed by atoms with Crippen LogP contribution in [0.3, 0.4) is 0 Å². The van der Waals surface area contributed by atoms with E-state index in [-0.39, 0.29) is 16.7 Å². The lowest BCUT2D eigenvalue weighted by Crippen LogP contribution is -2.63. The third-order valence-corrected chi connectivity index (χ3v) is 5.73. The zero-order valence-corrected chi connectivity index (χ0v) is 15.8. The first-order valence-electron chi connectivity index (χ1n) is 8.70. The first kappa shape index (κ1) is 18.9. The predicted octanol–water partition coefficient (Wildman–Crippen LogP) is 3.68. The number of nitrogens with one attached hydrogen (secondary N) is 1. The van der Waals surface area contributed by atoms with E-state index in [1.54, 1.807) is 0 Å². The molecular formula is C18H38N2O. The van der Waals surface area contributed by atoms with Crippen molar-refractivity contribution < 1.29 is 4.74 Å². The summed E-state index contributed by atoms with van der Waals surface area (Å²) in [6.07, 6.45) is 2.26. The SMILES string of the molecule is CCN(CC)C(C)(CC)C(NC)C1CC(C)(C)OC1(C)C. The van der Waals surface area contributed by atoms with E-state index >= 15 is 0 Å². The van der Waals surface area contributed by atoms with Crippen LogP contribution in [0.1, 0.15) is 68.2 Å². The van der Waals surface area contributed by atoms with Crippen LogP contribution >= 0.6 is 0 Å². The molecule has 1 aliphatic rings. The predicted molar refractivity (Wildman–Crippen MR) is 91.8 cm³/mol. The summed E-state index contributed by atoms with van der Waals surface area (Å²) in [5.74, 6) is 0.517. The fourth-order valence-corrected chi connectivity index (χ4v) is 4.66. The minimum Gasteiger partial charge on any atom is -0.369 e. The van der Waals surface area contributed by atoms with Gasteiger partial charge in [-0.1, -0.05) is 20.8 Å². The Morgan fingerprint density at radius 3 is 2.00 bits per heavy atom. The van der Waals surface area contributed by atoms with Crippen molar-refractivity contribution in [1.82, 2.24) is 10.2 Å². The van der Waals surface area contributed by atoms with Gasteiger partial charge in [0.2, 0.25) is 0 Å². The van der Waals surface area contributed by atoms with E-state index in [0.717, 1.165) is 25.9 Å². The molecule has 1 aliphatic heterocycles. The Labute approximate surface area is 132 Å². The van der Waals surface area contributed by atoms with Gasteiger partial charge in [0.1, 0.15) is 0 Å². The van der Waals surface area contributed by atoms with Crippen molar-refractivity contribution in [2.45, 2.75) is 91.0 Å². The second-order valence-electron chi connectivity index (χ2n) is 7.93. The first-order valence-corrected chi connectivity index (χ1v) is 8.70. The van der Waals surface area contributed by atoms with Crippen LogP contribution < -0.4 is 5.32 Å². The summed E-state index contributed by atoms with van der Waals surface area (Å²) in [6.45, 7) is 20.4. The van der Waals surface area contributed by atoms with Crippen LogP contribution in [0.2, 0.25) is 0 Å². The molecule has 0 aromatic heterocycles. The summed E-state index contributed by atoms with van der Waals surface area (Å²) < 4.78 is 6.36. The molecule has 0 amide bonds. The number of nitrogens with zero attached hydrogens (tertiary/aromatic N) is 1. The van der Waals surface area contributed by atoms with Crippen LogP contribution in [0.5, 0.6) is 0 Å². The molecule has 1 saturated heterocycles. The molecule has 1 fully saturated rings. The molecule has 0 bridgehead atoms. The van der Waals surface area contributed by atoms with Crippen LogP contribution in [0, 0.1) is 5.92 Å². The average Bonchev–Trinajstić information content (AvgIpc) is 2.59. The fraction of sp³-hybridized carbons (Fsp3) is 1.00. The highest BCUT2D eigenvalue weighted by atomic mass is 16.5. The third kappa shape index (κ3) is 3.62. The molecule has 0 aromatic rings. The zero-order chi connectivity index (χ0) is 16.5. The molecular weight excluding hydrogens is 260 g/mol. The van der Waals surface area contributed by atoms with Crippen molar-refractivity contribution in [3.8, 4) is 0 Å². The molecule has 3 nitrogen and oxygen atoms in total. The highest BCUT2D eigenvalue weighted by Crippen LogP contribution is 2.46. The highest BCUT2D eigenvalue weighted by Gasteiger charge is 2.53. The van der Waals surface area contributed by atoms with Crippen LogP contribution in [-0.2, 0) is 4.74 Å². The Balaban J connectivity index is 3.16. The normalized spacial score (nSPS) is 28.6. The van der Waals surface area contributed by atoms with Crippen molar-refractivity contribution in [1.29, 1.82) is 0 Å². The summed E-state index contributed by atoms with van der Waals surface area (Å²) >= 11 is 0. The fourth-order valence-electron chi connectivity index (χ4n) is 4.66. The standard InChI is InChI=1S/C18H38N2O/c1-10-18(8,20(11-2)12-3)15(19-9)14-13-16(4,5)21-17(14,6)7/h14-15,19H,10-13H2,1-9H3. The van der Waals surface area contributed by atoms with Crippen molar-refractivity contribution in [2.75, 3.05) is 20.1 Å². The number of likely N-dealkylation sites (N-methyl/N-ethyl adjacent to an activating group) is 2. The smallest absolute Gasteiger partial charge is 0.0678 e. The second kappa shape index (κ2) is 6.55. The summed E-state index contributed by atoms with van der Waals surface area (Å²) in [7, 11) is 2.11. The minimum atomic E-state index is -0.0826. The summed E-state index contributed by atoms with van der Waals surface area (Å²) in [4.78, 5) is 2.61. The zero-order valence-electron chi connectivity index (χ0n) is 15.8. The van der Waals surface area contributed by atoms with Gasteiger partial charge in [-0.05, 0) is 67.6 Å². The molecule has 1 heterocycles. The van der Waals surface area contributed by atoms with Gasteiger partial charge in [-0.2, -0.15) is 0 Å². The molecule has 0 spiro atoms. The van der Waals surface area contributed by atoms with Gasteiger partial charge in [-0.15, -0.1) is 0 Å². The van der Waals surface area contributed by atoms with Crippen molar-refractivity contribution in [3.63, 3.8) is 0 Å². The van der Waals surface area contributed by atoms with Crippen molar-refractivity contribution in [3.05, 3.63) is 0 Å². The van der Waals surface area contributed by atoms with Gasteiger partial charge in [0, 0.05) is 17.5 Å². The lowest BCUT2D eigenvalue weighted by molar-refractivity contribution is -0.0851. The minimum absolute atomic E-state index is 0.0266. The Morgan fingerprint density at radius 2 is 1.71 bits per heavy atom.